The Kier molecular flexibility index (Phi) is 2.31. The van der Waals surface area contributed by atoms with Crippen molar-refractivity contribution in [1.29, 1.82) is 0 Å². The quantitative estimate of drug-likeness (QED) is 0.821. The molecule has 0 fully saturated rings. The third-order valence-corrected chi connectivity index (χ3v) is 2.92. The van der Waals surface area contributed by atoms with Crippen molar-refractivity contribution < 1.29 is 4.42 Å². The van der Waals surface area contributed by atoms with Crippen molar-refractivity contribution >= 4 is 23.4 Å². The molecule has 0 aromatic carbocycles. The summed E-state index contributed by atoms with van der Waals surface area (Å²) in [6, 6.07) is 0.347. The molecule has 2 aromatic rings. The summed E-state index contributed by atoms with van der Waals surface area (Å²) >= 11 is 1.56. The van der Waals surface area contributed by atoms with Gasteiger partial charge in [-0.05, 0) is 13.8 Å². The van der Waals surface area contributed by atoms with Crippen molar-refractivity contribution in [3.63, 3.8) is 0 Å². The van der Waals surface area contributed by atoms with Crippen LogP contribution in [-0.2, 0) is 5.54 Å². The largest absolute Gasteiger partial charge is 0.390 e. The lowest BCUT2D eigenvalue weighted by Crippen LogP contribution is -2.27. The Morgan fingerprint density at radius 3 is 2.80 bits per heavy atom. The van der Waals surface area contributed by atoms with Crippen LogP contribution in [0.5, 0.6) is 0 Å². The van der Waals surface area contributed by atoms with Gasteiger partial charge in [-0.2, -0.15) is 0 Å². The summed E-state index contributed by atoms with van der Waals surface area (Å²) in [7, 11) is 0. The van der Waals surface area contributed by atoms with Gasteiger partial charge in [0.2, 0.25) is 0 Å². The highest BCUT2D eigenvalue weighted by Gasteiger charge is 2.25. The van der Waals surface area contributed by atoms with E-state index in [2.05, 4.69) is 20.5 Å². The Bertz CT molecular complexity index is 436. The van der Waals surface area contributed by atoms with E-state index in [1.54, 1.807) is 17.5 Å². The van der Waals surface area contributed by atoms with E-state index < -0.39 is 0 Å². The van der Waals surface area contributed by atoms with Crippen LogP contribution in [0.15, 0.2) is 16.0 Å². The summed E-state index contributed by atoms with van der Waals surface area (Å²) in [5.41, 5.74) is 4.97. The highest BCUT2D eigenvalue weighted by Crippen LogP contribution is 2.26. The molecule has 0 saturated heterocycles. The van der Waals surface area contributed by atoms with E-state index in [-0.39, 0.29) is 11.6 Å². The lowest BCUT2D eigenvalue weighted by Gasteiger charge is -2.21. The van der Waals surface area contributed by atoms with Gasteiger partial charge in [0.25, 0.3) is 0 Å². The zero-order valence-electron chi connectivity index (χ0n) is 8.39. The van der Waals surface area contributed by atoms with E-state index in [1.807, 2.05) is 19.2 Å². The average Bonchev–Trinajstić information content (AvgIpc) is 2.75. The van der Waals surface area contributed by atoms with Crippen molar-refractivity contribution in [2.45, 2.75) is 19.4 Å². The van der Waals surface area contributed by atoms with Crippen molar-refractivity contribution in [2.24, 2.45) is 0 Å². The number of aromatic nitrogens is 3. The maximum atomic E-state index is 5.32. The summed E-state index contributed by atoms with van der Waals surface area (Å²) in [5.74, 6) is 0. The molecule has 2 heterocycles. The second kappa shape index (κ2) is 3.50. The first kappa shape index (κ1) is 9.91. The molecular formula is C8H11N5OS. The van der Waals surface area contributed by atoms with Gasteiger partial charge in [0.1, 0.15) is 5.01 Å². The number of nitrogens with two attached hydrogens (primary N) is 1. The first-order valence-corrected chi connectivity index (χ1v) is 5.23. The molecule has 0 aliphatic heterocycles. The number of nitrogens with zero attached hydrogens (tertiary/aromatic N) is 3. The smallest absolute Gasteiger partial charge is 0.317 e. The molecule has 0 radical (unpaired) electrons. The first-order chi connectivity index (χ1) is 7.08. The average molecular weight is 225 g/mol. The van der Waals surface area contributed by atoms with Gasteiger partial charge in [0.15, 0.2) is 0 Å². The number of thiazole rings is 1. The normalized spacial score (nSPS) is 11.6. The third-order valence-electron chi connectivity index (χ3n) is 1.83. The van der Waals surface area contributed by atoms with Gasteiger partial charge < -0.3 is 15.5 Å². The van der Waals surface area contributed by atoms with Crippen LogP contribution in [0.1, 0.15) is 18.9 Å². The van der Waals surface area contributed by atoms with Crippen LogP contribution in [0.4, 0.5) is 12.0 Å². The van der Waals surface area contributed by atoms with Gasteiger partial charge in [-0.1, -0.05) is 10.2 Å². The zero-order chi connectivity index (χ0) is 10.9. The molecule has 0 bridgehead atoms. The number of anilines is 2. The Labute approximate surface area is 90.5 Å². The van der Waals surface area contributed by atoms with E-state index in [1.165, 1.54) is 0 Å². The Hall–Kier alpha value is -1.63. The summed E-state index contributed by atoms with van der Waals surface area (Å²) in [4.78, 5) is 4.23. The standard InChI is InChI=1S/C8H11N5OS/c1-8(2,5-10-3-4-15-5)11-7-13-12-6(9)14-7/h3-4H,1-2H3,(H2,9,12)(H,11,13). The highest BCUT2D eigenvalue weighted by atomic mass is 32.1. The van der Waals surface area contributed by atoms with E-state index in [0.717, 1.165) is 5.01 Å². The molecule has 6 nitrogen and oxygen atoms in total. The van der Waals surface area contributed by atoms with Crippen LogP contribution in [0.3, 0.4) is 0 Å². The fourth-order valence-electron chi connectivity index (χ4n) is 1.14. The van der Waals surface area contributed by atoms with E-state index in [0.29, 0.717) is 6.01 Å². The third kappa shape index (κ3) is 2.07. The Morgan fingerprint density at radius 2 is 2.27 bits per heavy atom. The van der Waals surface area contributed by atoms with Gasteiger partial charge in [-0.25, -0.2) is 4.98 Å². The molecule has 2 rings (SSSR count). The van der Waals surface area contributed by atoms with Gasteiger partial charge in [-0.3, -0.25) is 0 Å². The summed E-state index contributed by atoms with van der Waals surface area (Å²) in [6.45, 7) is 3.96. The summed E-state index contributed by atoms with van der Waals surface area (Å²) in [6.07, 6.45) is 1.76. The minimum Gasteiger partial charge on any atom is -0.390 e. The summed E-state index contributed by atoms with van der Waals surface area (Å²) in [5, 5.41) is 13.2. The van der Waals surface area contributed by atoms with Crippen molar-refractivity contribution in [1.82, 2.24) is 15.2 Å². The number of nitrogen functional groups attached to an aromatic ring is 1. The monoisotopic (exact) mass is 225 g/mol. The van der Waals surface area contributed by atoms with Crippen LogP contribution >= 0.6 is 11.3 Å². The van der Waals surface area contributed by atoms with Gasteiger partial charge in [0.05, 0.1) is 5.54 Å². The number of hydrogen-bond acceptors (Lipinski definition) is 7. The highest BCUT2D eigenvalue weighted by molar-refractivity contribution is 7.09. The van der Waals surface area contributed by atoms with Crippen LogP contribution in [0.2, 0.25) is 0 Å². The predicted molar refractivity (Wildman–Crippen MR) is 57.5 cm³/mol. The second-order valence-corrected chi connectivity index (χ2v) is 4.43. The number of hydrogen-bond donors (Lipinski definition) is 2. The molecule has 0 aliphatic carbocycles. The molecule has 0 aliphatic rings. The molecule has 0 amide bonds. The first-order valence-electron chi connectivity index (χ1n) is 4.35. The van der Waals surface area contributed by atoms with E-state index >= 15 is 0 Å². The maximum Gasteiger partial charge on any atom is 0.317 e. The van der Waals surface area contributed by atoms with E-state index in [4.69, 9.17) is 10.2 Å². The van der Waals surface area contributed by atoms with Crippen molar-refractivity contribution in [3.8, 4) is 0 Å². The molecule has 0 atom stereocenters. The lowest BCUT2D eigenvalue weighted by atomic mass is 10.1. The van der Waals surface area contributed by atoms with Gasteiger partial charge in [0, 0.05) is 11.6 Å². The van der Waals surface area contributed by atoms with E-state index in [9.17, 15) is 0 Å². The van der Waals surface area contributed by atoms with Crippen LogP contribution in [0.25, 0.3) is 0 Å². The fraction of sp³-hybridized carbons (Fsp3) is 0.375. The Morgan fingerprint density at radius 1 is 1.47 bits per heavy atom. The van der Waals surface area contributed by atoms with Gasteiger partial charge in [-0.15, -0.1) is 11.3 Å². The minimum absolute atomic E-state index is 0.0486. The molecule has 0 unspecified atom stereocenters. The zero-order valence-corrected chi connectivity index (χ0v) is 9.21. The SMILES string of the molecule is CC(C)(Nc1nnc(N)o1)c1nccs1. The fourth-order valence-corrected chi connectivity index (χ4v) is 1.86. The van der Waals surface area contributed by atoms with Crippen molar-refractivity contribution in [3.05, 3.63) is 16.6 Å². The maximum absolute atomic E-state index is 5.32. The molecule has 7 heteroatoms. The number of nitrogens with one attached hydrogen (secondary N) is 1. The Balaban J connectivity index is 2.18. The predicted octanol–water partition coefficient (Wildman–Crippen LogP) is 1.46. The van der Waals surface area contributed by atoms with Crippen molar-refractivity contribution in [2.75, 3.05) is 11.1 Å². The molecule has 15 heavy (non-hydrogen) atoms. The molecule has 2 aromatic heterocycles. The lowest BCUT2D eigenvalue weighted by molar-refractivity contribution is 0.528. The van der Waals surface area contributed by atoms with Crippen LogP contribution in [-0.4, -0.2) is 15.2 Å². The second-order valence-electron chi connectivity index (χ2n) is 3.53. The molecule has 3 N–H and O–H groups in total. The summed E-state index contributed by atoms with van der Waals surface area (Å²) < 4.78 is 5.04. The minimum atomic E-state index is -0.354. The molecule has 0 saturated carbocycles. The molecule has 80 valence electrons. The van der Waals surface area contributed by atoms with Crippen LogP contribution in [0, 0.1) is 0 Å². The molecular weight excluding hydrogens is 214 g/mol. The van der Waals surface area contributed by atoms with Crippen LogP contribution < -0.4 is 11.1 Å². The van der Waals surface area contributed by atoms with Gasteiger partial charge >= 0.3 is 12.0 Å². The number of rotatable bonds is 3. The topological polar surface area (TPSA) is 89.9 Å². The molecule has 0 spiro atoms.